The molecule has 0 radical (unpaired) electrons. The first kappa shape index (κ1) is 12.4. The van der Waals surface area contributed by atoms with Crippen LogP contribution >= 0.6 is 0 Å². The average molecular weight is 276 g/mol. The Labute approximate surface area is 112 Å². The van der Waals surface area contributed by atoms with E-state index in [0.29, 0.717) is 18.7 Å². The number of benzene rings is 2. The van der Waals surface area contributed by atoms with Gasteiger partial charge in [0.25, 0.3) is 0 Å². The topological polar surface area (TPSA) is 58.2 Å². The zero-order valence-electron chi connectivity index (χ0n) is 10.5. The molecule has 1 atom stereocenters. The van der Waals surface area contributed by atoms with Crippen LogP contribution in [0, 0.1) is 0 Å². The fourth-order valence-electron chi connectivity index (χ4n) is 2.44. The summed E-state index contributed by atoms with van der Waals surface area (Å²) in [4.78, 5) is 0. The quantitative estimate of drug-likeness (QED) is 0.901. The standard InChI is InChI=1S/C14H16N2O2S/c17-19(18,12-8-9-15-10-12)16-14-7-3-5-11-4-1-2-6-13(11)14/h1-7,12,15-16H,8-10H2. The Morgan fingerprint density at radius 3 is 2.68 bits per heavy atom. The number of hydrogen-bond donors (Lipinski definition) is 2. The number of nitrogens with one attached hydrogen (secondary N) is 2. The van der Waals surface area contributed by atoms with Crippen LogP contribution in [0.3, 0.4) is 0 Å². The molecule has 2 N–H and O–H groups in total. The Balaban J connectivity index is 1.97. The lowest BCUT2D eigenvalue weighted by molar-refractivity contribution is 0.588. The Hall–Kier alpha value is -1.59. The summed E-state index contributed by atoms with van der Waals surface area (Å²) in [5.74, 6) is 0. The van der Waals surface area contributed by atoms with Crippen LogP contribution in [-0.4, -0.2) is 26.8 Å². The molecule has 4 nitrogen and oxygen atoms in total. The fourth-order valence-corrected chi connectivity index (χ4v) is 3.86. The number of sulfonamides is 1. The van der Waals surface area contributed by atoms with Crippen molar-refractivity contribution in [1.29, 1.82) is 0 Å². The summed E-state index contributed by atoms with van der Waals surface area (Å²) in [5, 5.41) is 4.71. The van der Waals surface area contributed by atoms with Crippen LogP contribution in [0.5, 0.6) is 0 Å². The molecule has 0 bridgehead atoms. The Morgan fingerprint density at radius 1 is 1.11 bits per heavy atom. The predicted octanol–water partition coefficient (Wildman–Crippen LogP) is 1.94. The largest absolute Gasteiger partial charge is 0.315 e. The summed E-state index contributed by atoms with van der Waals surface area (Å²) in [6.45, 7) is 1.29. The number of anilines is 1. The van der Waals surface area contributed by atoms with Crippen molar-refractivity contribution in [2.24, 2.45) is 0 Å². The highest BCUT2D eigenvalue weighted by atomic mass is 32.2. The summed E-state index contributed by atoms with van der Waals surface area (Å²) in [7, 11) is -3.32. The van der Waals surface area contributed by atoms with E-state index in [1.807, 2.05) is 42.5 Å². The average Bonchev–Trinajstić information content (AvgIpc) is 2.93. The van der Waals surface area contributed by atoms with Gasteiger partial charge in [0.15, 0.2) is 0 Å². The summed E-state index contributed by atoms with van der Waals surface area (Å²) in [5.41, 5.74) is 0.657. The number of rotatable bonds is 3. The van der Waals surface area contributed by atoms with Gasteiger partial charge in [-0.1, -0.05) is 36.4 Å². The van der Waals surface area contributed by atoms with E-state index in [-0.39, 0.29) is 5.25 Å². The minimum Gasteiger partial charge on any atom is -0.315 e. The van der Waals surface area contributed by atoms with E-state index in [9.17, 15) is 8.42 Å². The van der Waals surface area contributed by atoms with Crippen molar-refractivity contribution < 1.29 is 8.42 Å². The molecule has 19 heavy (non-hydrogen) atoms. The van der Waals surface area contributed by atoms with Crippen molar-refractivity contribution in [2.75, 3.05) is 17.8 Å². The SMILES string of the molecule is O=S(=O)(Nc1cccc2ccccc12)C1CCNC1. The summed E-state index contributed by atoms with van der Waals surface area (Å²) in [6, 6.07) is 13.4. The summed E-state index contributed by atoms with van der Waals surface area (Å²) in [6.07, 6.45) is 0.667. The molecule has 1 saturated heterocycles. The Kier molecular flexibility index (Phi) is 3.16. The van der Waals surface area contributed by atoms with Gasteiger partial charge in [0.2, 0.25) is 10.0 Å². The normalized spacial score (nSPS) is 19.7. The van der Waals surface area contributed by atoms with Crippen molar-refractivity contribution in [3.8, 4) is 0 Å². The molecule has 2 aromatic rings. The first-order chi connectivity index (χ1) is 9.17. The predicted molar refractivity (Wildman–Crippen MR) is 77.8 cm³/mol. The van der Waals surface area contributed by atoms with E-state index in [0.717, 1.165) is 17.3 Å². The molecule has 1 fully saturated rings. The zero-order valence-corrected chi connectivity index (χ0v) is 11.3. The molecule has 0 saturated carbocycles. The number of fused-ring (bicyclic) bond motifs is 1. The van der Waals surface area contributed by atoms with Crippen LogP contribution in [0.2, 0.25) is 0 Å². The molecule has 3 rings (SSSR count). The van der Waals surface area contributed by atoms with E-state index in [2.05, 4.69) is 10.0 Å². The van der Waals surface area contributed by atoms with Crippen molar-refractivity contribution in [3.05, 3.63) is 42.5 Å². The van der Waals surface area contributed by atoms with Gasteiger partial charge in [0.05, 0.1) is 10.9 Å². The van der Waals surface area contributed by atoms with Gasteiger partial charge in [-0.2, -0.15) is 0 Å². The molecule has 1 aliphatic heterocycles. The highest BCUT2D eigenvalue weighted by molar-refractivity contribution is 7.93. The highest BCUT2D eigenvalue weighted by Crippen LogP contribution is 2.25. The van der Waals surface area contributed by atoms with E-state index in [1.54, 1.807) is 0 Å². The molecule has 0 spiro atoms. The van der Waals surface area contributed by atoms with Crippen LogP contribution in [0.25, 0.3) is 10.8 Å². The lowest BCUT2D eigenvalue weighted by Gasteiger charge is -2.14. The van der Waals surface area contributed by atoms with Gasteiger partial charge < -0.3 is 5.32 Å². The second-order valence-corrected chi connectivity index (χ2v) is 6.75. The minimum absolute atomic E-state index is 0.341. The third kappa shape index (κ3) is 2.43. The minimum atomic E-state index is -3.32. The molecule has 1 aliphatic rings. The highest BCUT2D eigenvalue weighted by Gasteiger charge is 2.28. The maximum atomic E-state index is 12.3. The molecule has 0 aliphatic carbocycles. The van der Waals surface area contributed by atoms with Gasteiger partial charge in [-0.05, 0) is 24.4 Å². The van der Waals surface area contributed by atoms with Gasteiger partial charge in [0, 0.05) is 11.9 Å². The van der Waals surface area contributed by atoms with Crippen LogP contribution in [0.1, 0.15) is 6.42 Å². The van der Waals surface area contributed by atoms with Crippen molar-refractivity contribution in [3.63, 3.8) is 0 Å². The van der Waals surface area contributed by atoms with Gasteiger partial charge in [-0.3, -0.25) is 4.72 Å². The van der Waals surface area contributed by atoms with Crippen molar-refractivity contribution >= 4 is 26.5 Å². The van der Waals surface area contributed by atoms with Gasteiger partial charge in [-0.15, -0.1) is 0 Å². The Bertz CT molecular complexity index is 686. The molecule has 0 aromatic heterocycles. The van der Waals surface area contributed by atoms with E-state index in [4.69, 9.17) is 0 Å². The van der Waals surface area contributed by atoms with Gasteiger partial charge in [-0.25, -0.2) is 8.42 Å². The maximum absolute atomic E-state index is 12.3. The molecule has 5 heteroatoms. The second kappa shape index (κ2) is 4.83. The second-order valence-electron chi connectivity index (χ2n) is 4.79. The third-order valence-electron chi connectivity index (χ3n) is 3.50. The molecular formula is C14H16N2O2S. The summed E-state index contributed by atoms with van der Waals surface area (Å²) >= 11 is 0. The summed E-state index contributed by atoms with van der Waals surface area (Å²) < 4.78 is 27.3. The molecule has 100 valence electrons. The van der Waals surface area contributed by atoms with Crippen LogP contribution in [-0.2, 0) is 10.0 Å². The van der Waals surface area contributed by atoms with Gasteiger partial charge >= 0.3 is 0 Å². The van der Waals surface area contributed by atoms with Crippen LogP contribution < -0.4 is 10.0 Å². The lowest BCUT2D eigenvalue weighted by Crippen LogP contribution is -2.29. The smallest absolute Gasteiger partial charge is 0.236 e. The van der Waals surface area contributed by atoms with E-state index >= 15 is 0 Å². The Morgan fingerprint density at radius 2 is 1.89 bits per heavy atom. The first-order valence-electron chi connectivity index (χ1n) is 6.37. The van der Waals surface area contributed by atoms with Crippen molar-refractivity contribution in [1.82, 2.24) is 5.32 Å². The van der Waals surface area contributed by atoms with E-state index in [1.165, 1.54) is 0 Å². The molecule has 0 amide bonds. The lowest BCUT2D eigenvalue weighted by atomic mass is 10.1. The monoisotopic (exact) mass is 276 g/mol. The molecule has 1 unspecified atom stereocenters. The zero-order chi connectivity index (χ0) is 13.3. The number of hydrogen-bond acceptors (Lipinski definition) is 3. The maximum Gasteiger partial charge on any atom is 0.236 e. The van der Waals surface area contributed by atoms with Crippen LogP contribution in [0.4, 0.5) is 5.69 Å². The van der Waals surface area contributed by atoms with Crippen LogP contribution in [0.15, 0.2) is 42.5 Å². The molecule has 2 aromatic carbocycles. The van der Waals surface area contributed by atoms with Crippen molar-refractivity contribution in [2.45, 2.75) is 11.7 Å². The fraction of sp³-hybridized carbons (Fsp3) is 0.286. The van der Waals surface area contributed by atoms with E-state index < -0.39 is 10.0 Å². The first-order valence-corrected chi connectivity index (χ1v) is 7.91. The molecule has 1 heterocycles. The molecular weight excluding hydrogens is 260 g/mol. The third-order valence-corrected chi connectivity index (χ3v) is 5.28. The van der Waals surface area contributed by atoms with Gasteiger partial charge in [0.1, 0.15) is 0 Å².